The molecule has 5 heteroatoms. The molecule has 0 spiro atoms. The average Bonchev–Trinajstić information content (AvgIpc) is 2.65. The number of hydrogen-bond donors (Lipinski definition) is 2. The molecule has 16 heavy (non-hydrogen) atoms. The van der Waals surface area contributed by atoms with Crippen LogP contribution in [0.2, 0.25) is 5.02 Å². The van der Waals surface area contributed by atoms with Gasteiger partial charge in [0, 0.05) is 11.6 Å². The number of nitrogens with two attached hydrogens (primary N) is 1. The van der Waals surface area contributed by atoms with Crippen molar-refractivity contribution in [1.82, 2.24) is 10.2 Å². The minimum atomic E-state index is 0.444. The number of hydrogen-bond acceptors (Lipinski definition) is 3. The predicted octanol–water partition coefficient (Wildman–Crippen LogP) is 2.71. The van der Waals surface area contributed by atoms with Gasteiger partial charge in [-0.2, -0.15) is 5.10 Å². The van der Waals surface area contributed by atoms with Gasteiger partial charge < -0.3 is 10.5 Å². The number of nitrogens with one attached hydrogen (secondary N) is 1. The van der Waals surface area contributed by atoms with Crippen LogP contribution in [0.4, 0.5) is 5.82 Å². The second kappa shape index (κ2) is 4.45. The maximum absolute atomic E-state index is 6.14. The molecule has 0 fully saturated rings. The topological polar surface area (TPSA) is 63.9 Å². The van der Waals surface area contributed by atoms with E-state index in [0.717, 1.165) is 17.0 Å². The lowest BCUT2D eigenvalue weighted by molar-refractivity contribution is 0.340. The lowest BCUT2D eigenvalue weighted by Gasteiger charge is -2.06. The molecular formula is C11H12ClN3O. The first-order chi connectivity index (χ1) is 7.70. The second-order valence-corrected chi connectivity index (χ2v) is 3.69. The van der Waals surface area contributed by atoms with E-state index < -0.39 is 0 Å². The van der Waals surface area contributed by atoms with Gasteiger partial charge in [-0.25, -0.2) is 0 Å². The summed E-state index contributed by atoms with van der Waals surface area (Å²) in [6.07, 6.45) is 0. The van der Waals surface area contributed by atoms with E-state index in [2.05, 4.69) is 10.2 Å². The Balaban J connectivity index is 2.36. The van der Waals surface area contributed by atoms with E-state index in [-0.39, 0.29) is 0 Å². The SMILES string of the molecule is CCOc1ccc(-c2cc(N)n[nH]2)c(Cl)c1. The molecule has 1 aromatic heterocycles. The number of anilines is 1. The van der Waals surface area contributed by atoms with Crippen molar-refractivity contribution in [1.29, 1.82) is 0 Å². The van der Waals surface area contributed by atoms with Crippen LogP contribution in [0.5, 0.6) is 5.75 Å². The lowest BCUT2D eigenvalue weighted by Crippen LogP contribution is -1.91. The monoisotopic (exact) mass is 237 g/mol. The van der Waals surface area contributed by atoms with Crippen LogP contribution in [0.25, 0.3) is 11.3 Å². The molecule has 84 valence electrons. The zero-order chi connectivity index (χ0) is 11.5. The predicted molar refractivity (Wildman–Crippen MR) is 64.6 cm³/mol. The van der Waals surface area contributed by atoms with Gasteiger partial charge in [0.05, 0.1) is 17.3 Å². The molecule has 1 aromatic carbocycles. The Morgan fingerprint density at radius 1 is 1.44 bits per heavy atom. The summed E-state index contributed by atoms with van der Waals surface area (Å²) < 4.78 is 5.35. The largest absolute Gasteiger partial charge is 0.494 e. The molecule has 1 heterocycles. The van der Waals surface area contributed by atoms with Crippen LogP contribution in [0.3, 0.4) is 0 Å². The first-order valence-electron chi connectivity index (χ1n) is 4.94. The molecule has 0 saturated carbocycles. The summed E-state index contributed by atoms with van der Waals surface area (Å²) in [7, 11) is 0. The number of halogens is 1. The fraction of sp³-hybridized carbons (Fsp3) is 0.182. The molecule has 0 bridgehead atoms. The zero-order valence-corrected chi connectivity index (χ0v) is 9.58. The van der Waals surface area contributed by atoms with E-state index in [1.165, 1.54) is 0 Å². The summed E-state index contributed by atoms with van der Waals surface area (Å²) in [5, 5.41) is 7.28. The summed E-state index contributed by atoms with van der Waals surface area (Å²) >= 11 is 6.14. The minimum absolute atomic E-state index is 0.444. The van der Waals surface area contributed by atoms with Crippen LogP contribution in [0.15, 0.2) is 24.3 Å². The van der Waals surface area contributed by atoms with Crippen molar-refractivity contribution < 1.29 is 4.74 Å². The standard InChI is InChI=1S/C11H12ClN3O/c1-2-16-7-3-4-8(9(12)5-7)10-6-11(13)15-14-10/h3-6H,2H2,1H3,(H3,13,14,15). The Bertz CT molecular complexity index is 496. The van der Waals surface area contributed by atoms with Crippen molar-refractivity contribution in [2.45, 2.75) is 6.92 Å². The molecule has 0 amide bonds. The Morgan fingerprint density at radius 2 is 2.25 bits per heavy atom. The average molecular weight is 238 g/mol. The fourth-order valence-electron chi connectivity index (χ4n) is 1.45. The highest BCUT2D eigenvalue weighted by molar-refractivity contribution is 6.33. The van der Waals surface area contributed by atoms with Gasteiger partial charge in [0.25, 0.3) is 0 Å². The summed E-state index contributed by atoms with van der Waals surface area (Å²) in [5.74, 6) is 1.20. The van der Waals surface area contributed by atoms with Crippen molar-refractivity contribution >= 4 is 17.4 Å². The van der Waals surface area contributed by atoms with Crippen molar-refractivity contribution in [3.63, 3.8) is 0 Å². The summed E-state index contributed by atoms with van der Waals surface area (Å²) in [5.41, 5.74) is 7.19. The van der Waals surface area contributed by atoms with Gasteiger partial charge in [-0.15, -0.1) is 0 Å². The molecule has 2 rings (SSSR count). The number of rotatable bonds is 3. The molecule has 0 unspecified atom stereocenters. The number of nitrogen functional groups attached to an aromatic ring is 1. The van der Waals surface area contributed by atoms with Crippen molar-refractivity contribution in [3.8, 4) is 17.0 Å². The first-order valence-corrected chi connectivity index (χ1v) is 5.32. The van der Waals surface area contributed by atoms with E-state index in [1.54, 1.807) is 12.1 Å². The number of nitrogens with zero attached hydrogens (tertiary/aromatic N) is 1. The Morgan fingerprint density at radius 3 is 2.81 bits per heavy atom. The van der Waals surface area contributed by atoms with E-state index in [4.69, 9.17) is 22.1 Å². The van der Waals surface area contributed by atoms with Crippen LogP contribution >= 0.6 is 11.6 Å². The number of H-pyrrole nitrogens is 1. The molecule has 4 nitrogen and oxygen atoms in total. The lowest BCUT2D eigenvalue weighted by atomic mass is 10.1. The van der Waals surface area contributed by atoms with Gasteiger partial charge in [0.15, 0.2) is 0 Å². The van der Waals surface area contributed by atoms with Crippen molar-refractivity contribution in [3.05, 3.63) is 29.3 Å². The molecule has 0 saturated heterocycles. The third kappa shape index (κ3) is 2.12. The molecule has 0 radical (unpaired) electrons. The number of aromatic amines is 1. The second-order valence-electron chi connectivity index (χ2n) is 3.28. The number of benzene rings is 1. The van der Waals surface area contributed by atoms with Crippen molar-refractivity contribution in [2.24, 2.45) is 0 Å². The molecule has 0 aliphatic carbocycles. The van der Waals surface area contributed by atoms with Crippen LogP contribution < -0.4 is 10.5 Å². The number of aromatic nitrogens is 2. The van der Waals surface area contributed by atoms with Gasteiger partial charge in [0.1, 0.15) is 11.6 Å². The van der Waals surface area contributed by atoms with E-state index in [9.17, 15) is 0 Å². The third-order valence-corrected chi connectivity index (χ3v) is 2.45. The van der Waals surface area contributed by atoms with Crippen LogP contribution in [0, 0.1) is 0 Å². The maximum atomic E-state index is 6.14. The highest BCUT2D eigenvalue weighted by Crippen LogP contribution is 2.30. The summed E-state index contributed by atoms with van der Waals surface area (Å²) in [6.45, 7) is 2.55. The highest BCUT2D eigenvalue weighted by Gasteiger charge is 2.07. The quantitative estimate of drug-likeness (QED) is 0.863. The minimum Gasteiger partial charge on any atom is -0.494 e. The molecule has 2 aromatic rings. The molecule has 3 N–H and O–H groups in total. The fourth-order valence-corrected chi connectivity index (χ4v) is 1.72. The molecule has 0 aliphatic rings. The van der Waals surface area contributed by atoms with Crippen LogP contribution in [0.1, 0.15) is 6.92 Å². The van der Waals surface area contributed by atoms with Gasteiger partial charge >= 0.3 is 0 Å². The van der Waals surface area contributed by atoms with Gasteiger partial charge in [-0.3, -0.25) is 5.10 Å². The van der Waals surface area contributed by atoms with E-state index in [1.807, 2.05) is 19.1 Å². The van der Waals surface area contributed by atoms with Gasteiger partial charge in [-0.05, 0) is 25.1 Å². The highest BCUT2D eigenvalue weighted by atomic mass is 35.5. The Hall–Kier alpha value is -1.68. The zero-order valence-electron chi connectivity index (χ0n) is 8.83. The van der Waals surface area contributed by atoms with Crippen LogP contribution in [-0.4, -0.2) is 16.8 Å². The third-order valence-electron chi connectivity index (χ3n) is 2.14. The normalized spacial score (nSPS) is 10.4. The molecule has 0 atom stereocenters. The van der Waals surface area contributed by atoms with Crippen molar-refractivity contribution in [2.75, 3.05) is 12.3 Å². The smallest absolute Gasteiger partial charge is 0.145 e. The van der Waals surface area contributed by atoms with E-state index >= 15 is 0 Å². The first kappa shape index (κ1) is 10.8. The van der Waals surface area contributed by atoms with E-state index in [0.29, 0.717) is 17.4 Å². The summed E-state index contributed by atoms with van der Waals surface area (Å²) in [6, 6.07) is 7.25. The molecular weight excluding hydrogens is 226 g/mol. The maximum Gasteiger partial charge on any atom is 0.145 e. The number of ether oxygens (including phenoxy) is 1. The molecule has 0 aliphatic heterocycles. The Labute approximate surface area is 98.4 Å². The summed E-state index contributed by atoms with van der Waals surface area (Å²) in [4.78, 5) is 0. The van der Waals surface area contributed by atoms with Crippen LogP contribution in [-0.2, 0) is 0 Å². The Kier molecular flexibility index (Phi) is 3.01. The van der Waals surface area contributed by atoms with Gasteiger partial charge in [-0.1, -0.05) is 11.6 Å². The van der Waals surface area contributed by atoms with Gasteiger partial charge in [0.2, 0.25) is 0 Å².